The lowest BCUT2D eigenvalue weighted by molar-refractivity contribution is -0.144. The van der Waals surface area contributed by atoms with Crippen molar-refractivity contribution in [2.75, 3.05) is 20.3 Å². The lowest BCUT2D eigenvalue weighted by Gasteiger charge is -2.15. The highest BCUT2D eigenvalue weighted by atomic mass is 16.5. The second-order valence-corrected chi connectivity index (χ2v) is 6.92. The van der Waals surface area contributed by atoms with Gasteiger partial charge in [0.05, 0.1) is 19.8 Å². The predicted molar refractivity (Wildman–Crippen MR) is 117 cm³/mol. The zero-order chi connectivity index (χ0) is 22.1. The number of carbonyl (C=O) groups is 2. The molecule has 0 saturated heterocycles. The minimum atomic E-state index is -0.600. The van der Waals surface area contributed by atoms with E-state index in [9.17, 15) is 9.59 Å². The lowest BCUT2D eigenvalue weighted by Crippen LogP contribution is -2.31. The van der Waals surface area contributed by atoms with E-state index in [0.29, 0.717) is 18.1 Å². The molecule has 0 saturated carbocycles. The summed E-state index contributed by atoms with van der Waals surface area (Å²) in [5.41, 5.74) is 4.11. The van der Waals surface area contributed by atoms with Gasteiger partial charge < -0.3 is 19.5 Å². The van der Waals surface area contributed by atoms with E-state index in [1.54, 1.807) is 31.4 Å². The third kappa shape index (κ3) is 6.65. The van der Waals surface area contributed by atoms with Crippen molar-refractivity contribution >= 4 is 18.0 Å². The largest absolute Gasteiger partial charge is 0.493 e. The topological polar surface area (TPSA) is 73.9 Å². The number of rotatable bonds is 9. The smallest absolute Gasteiger partial charge is 0.331 e. The second-order valence-electron chi connectivity index (χ2n) is 6.92. The Labute approximate surface area is 177 Å². The van der Waals surface area contributed by atoms with Crippen molar-refractivity contribution in [1.82, 2.24) is 5.32 Å². The highest BCUT2D eigenvalue weighted by molar-refractivity contribution is 5.89. The van der Waals surface area contributed by atoms with Crippen LogP contribution in [0.2, 0.25) is 0 Å². The second kappa shape index (κ2) is 11.0. The summed E-state index contributed by atoms with van der Waals surface area (Å²) in [6.45, 7) is 8.04. The molecule has 1 atom stereocenters. The van der Waals surface area contributed by atoms with Crippen LogP contribution in [0.15, 0.2) is 42.5 Å². The van der Waals surface area contributed by atoms with Crippen molar-refractivity contribution in [2.45, 2.75) is 33.7 Å². The molecule has 0 aliphatic rings. The average Bonchev–Trinajstić information content (AvgIpc) is 2.73. The number of ether oxygens (including phenoxy) is 3. The van der Waals surface area contributed by atoms with E-state index in [0.717, 1.165) is 16.7 Å². The monoisotopic (exact) mass is 411 g/mol. The van der Waals surface area contributed by atoms with Crippen molar-refractivity contribution in [1.29, 1.82) is 0 Å². The fourth-order valence-corrected chi connectivity index (χ4v) is 2.81. The number of carbonyl (C=O) groups excluding carboxylic acids is 2. The molecule has 0 unspecified atom stereocenters. The first-order valence-electron chi connectivity index (χ1n) is 9.86. The van der Waals surface area contributed by atoms with E-state index in [4.69, 9.17) is 14.2 Å². The Bertz CT molecular complexity index is 920. The van der Waals surface area contributed by atoms with E-state index in [2.05, 4.69) is 5.32 Å². The SMILES string of the molecule is CCOc1ccc(/C=C/C(=O)OCC(=O)N[C@H](C)c2ccc(C)c(C)c2)cc1OC. The number of nitrogens with one attached hydrogen (secondary N) is 1. The Morgan fingerprint density at radius 3 is 2.50 bits per heavy atom. The molecule has 30 heavy (non-hydrogen) atoms. The zero-order valence-corrected chi connectivity index (χ0v) is 18.2. The highest BCUT2D eigenvalue weighted by Crippen LogP contribution is 2.28. The molecule has 1 N–H and O–H groups in total. The van der Waals surface area contributed by atoms with Crippen molar-refractivity contribution in [2.24, 2.45) is 0 Å². The molecular formula is C24H29NO5. The first-order valence-corrected chi connectivity index (χ1v) is 9.86. The predicted octanol–water partition coefficient (Wildman–Crippen LogP) is 4.14. The molecule has 2 rings (SSSR count). The van der Waals surface area contributed by atoms with Gasteiger partial charge in [0.15, 0.2) is 18.1 Å². The van der Waals surface area contributed by atoms with Crippen LogP contribution in [0.25, 0.3) is 6.08 Å². The van der Waals surface area contributed by atoms with Crippen LogP contribution < -0.4 is 14.8 Å². The highest BCUT2D eigenvalue weighted by Gasteiger charge is 2.12. The van der Waals surface area contributed by atoms with Crippen LogP contribution in [0, 0.1) is 13.8 Å². The third-order valence-corrected chi connectivity index (χ3v) is 4.65. The fourth-order valence-electron chi connectivity index (χ4n) is 2.81. The van der Waals surface area contributed by atoms with Crippen molar-refractivity contribution in [3.63, 3.8) is 0 Å². The van der Waals surface area contributed by atoms with Gasteiger partial charge in [-0.25, -0.2) is 4.79 Å². The first-order chi connectivity index (χ1) is 14.3. The Kier molecular flexibility index (Phi) is 8.47. The summed E-state index contributed by atoms with van der Waals surface area (Å²) in [4.78, 5) is 24.0. The first kappa shape index (κ1) is 23.0. The summed E-state index contributed by atoms with van der Waals surface area (Å²) >= 11 is 0. The molecule has 2 aromatic carbocycles. The maximum Gasteiger partial charge on any atom is 0.331 e. The Balaban J connectivity index is 1.86. The Morgan fingerprint density at radius 2 is 1.83 bits per heavy atom. The lowest BCUT2D eigenvalue weighted by atomic mass is 10.0. The van der Waals surface area contributed by atoms with E-state index >= 15 is 0 Å². The van der Waals surface area contributed by atoms with Crippen LogP contribution in [-0.4, -0.2) is 32.2 Å². The fraction of sp³-hybridized carbons (Fsp3) is 0.333. The molecule has 1 amide bonds. The number of amides is 1. The molecule has 0 aliphatic heterocycles. The van der Waals surface area contributed by atoms with Gasteiger partial charge in [-0.1, -0.05) is 24.3 Å². The molecule has 0 heterocycles. The van der Waals surface area contributed by atoms with E-state index < -0.39 is 5.97 Å². The third-order valence-electron chi connectivity index (χ3n) is 4.65. The number of benzene rings is 2. The van der Waals surface area contributed by atoms with Crippen LogP contribution >= 0.6 is 0 Å². The molecule has 0 fully saturated rings. The number of esters is 1. The molecule has 6 nitrogen and oxygen atoms in total. The summed E-state index contributed by atoms with van der Waals surface area (Å²) in [7, 11) is 1.55. The van der Waals surface area contributed by atoms with E-state index in [-0.39, 0.29) is 18.6 Å². The number of methoxy groups -OCH3 is 1. The van der Waals surface area contributed by atoms with Crippen molar-refractivity contribution in [3.8, 4) is 11.5 Å². The number of aryl methyl sites for hydroxylation is 2. The van der Waals surface area contributed by atoms with E-state index in [1.165, 1.54) is 11.6 Å². The number of hydrogen-bond acceptors (Lipinski definition) is 5. The normalized spacial score (nSPS) is 11.8. The van der Waals surface area contributed by atoms with Gasteiger partial charge in [0.25, 0.3) is 5.91 Å². The van der Waals surface area contributed by atoms with Crippen molar-refractivity contribution < 1.29 is 23.8 Å². The summed E-state index contributed by atoms with van der Waals surface area (Å²) in [5.74, 6) is 0.253. The van der Waals surface area contributed by atoms with Gasteiger partial charge in [0.2, 0.25) is 0 Å². The Morgan fingerprint density at radius 1 is 1.07 bits per heavy atom. The van der Waals surface area contributed by atoms with Gasteiger partial charge in [-0.2, -0.15) is 0 Å². The maximum absolute atomic E-state index is 12.1. The van der Waals surface area contributed by atoms with Gasteiger partial charge in [0, 0.05) is 6.08 Å². The molecule has 0 aliphatic carbocycles. The molecule has 0 radical (unpaired) electrons. The van der Waals surface area contributed by atoms with Gasteiger partial charge >= 0.3 is 5.97 Å². The number of hydrogen-bond donors (Lipinski definition) is 1. The summed E-state index contributed by atoms with van der Waals surface area (Å²) < 4.78 is 15.8. The van der Waals surface area contributed by atoms with Gasteiger partial charge in [-0.15, -0.1) is 0 Å². The molecule has 2 aromatic rings. The van der Waals surface area contributed by atoms with E-state index in [1.807, 2.05) is 45.9 Å². The molecule has 6 heteroatoms. The average molecular weight is 411 g/mol. The zero-order valence-electron chi connectivity index (χ0n) is 18.2. The van der Waals surface area contributed by atoms with Crippen LogP contribution in [-0.2, 0) is 14.3 Å². The summed E-state index contributed by atoms with van der Waals surface area (Å²) in [5, 5.41) is 2.83. The molecule has 160 valence electrons. The summed E-state index contributed by atoms with van der Waals surface area (Å²) in [6.07, 6.45) is 2.87. The Hall–Kier alpha value is -3.28. The molecule has 0 bridgehead atoms. The molecule has 0 spiro atoms. The van der Waals surface area contributed by atoms with Gasteiger partial charge in [-0.05, 0) is 68.2 Å². The van der Waals surface area contributed by atoms with Crippen LogP contribution in [0.5, 0.6) is 11.5 Å². The van der Waals surface area contributed by atoms with Crippen LogP contribution in [0.3, 0.4) is 0 Å². The summed E-state index contributed by atoms with van der Waals surface area (Å²) in [6, 6.07) is 11.2. The quantitative estimate of drug-likeness (QED) is 0.496. The maximum atomic E-state index is 12.1. The molecule has 0 aromatic heterocycles. The van der Waals surface area contributed by atoms with Crippen LogP contribution in [0.4, 0.5) is 0 Å². The molecular weight excluding hydrogens is 382 g/mol. The standard InChI is InChI=1S/C24H29NO5/c1-6-29-21-11-8-19(14-22(21)28-5)9-12-24(27)30-15-23(26)25-18(4)20-10-7-16(2)17(3)13-20/h7-14,18H,6,15H2,1-5H3,(H,25,26)/b12-9+/t18-/m1/s1. The minimum absolute atomic E-state index is 0.178. The minimum Gasteiger partial charge on any atom is -0.493 e. The van der Waals surface area contributed by atoms with Gasteiger partial charge in [-0.3, -0.25) is 4.79 Å². The van der Waals surface area contributed by atoms with Gasteiger partial charge in [0.1, 0.15) is 0 Å². The van der Waals surface area contributed by atoms with Crippen LogP contribution in [0.1, 0.15) is 42.1 Å². The van der Waals surface area contributed by atoms with Crippen molar-refractivity contribution in [3.05, 3.63) is 64.7 Å².